The first kappa shape index (κ1) is 15.6. The van der Waals surface area contributed by atoms with Gasteiger partial charge in [-0.1, -0.05) is 6.07 Å². The molecule has 23 heavy (non-hydrogen) atoms. The van der Waals surface area contributed by atoms with E-state index in [0.29, 0.717) is 5.56 Å². The van der Waals surface area contributed by atoms with Gasteiger partial charge in [-0.2, -0.15) is 0 Å². The predicted molar refractivity (Wildman–Crippen MR) is 83.0 cm³/mol. The van der Waals surface area contributed by atoms with Gasteiger partial charge in [0.1, 0.15) is 5.41 Å². The minimum atomic E-state index is -1.25. The zero-order valence-electron chi connectivity index (χ0n) is 12.9. The van der Waals surface area contributed by atoms with Crippen LogP contribution in [-0.2, 0) is 11.2 Å². The van der Waals surface area contributed by atoms with Crippen molar-refractivity contribution in [3.63, 3.8) is 0 Å². The molecule has 7 nitrogen and oxygen atoms in total. The number of nitrogens with two attached hydrogens (primary N) is 1. The second kappa shape index (κ2) is 5.42. The number of likely N-dealkylation sites (tertiary alicyclic amines) is 1. The molecule has 1 aromatic carbocycles. The number of rotatable bonds is 3. The van der Waals surface area contributed by atoms with E-state index in [1.165, 1.54) is 12.1 Å². The van der Waals surface area contributed by atoms with Gasteiger partial charge in [-0.25, -0.2) is 0 Å². The van der Waals surface area contributed by atoms with E-state index in [0.717, 1.165) is 25.9 Å². The van der Waals surface area contributed by atoms with Crippen LogP contribution in [0.5, 0.6) is 0 Å². The molecule has 0 spiro atoms. The maximum atomic E-state index is 13.0. The lowest BCUT2D eigenvalue weighted by atomic mass is 9.67. The van der Waals surface area contributed by atoms with Crippen molar-refractivity contribution < 1.29 is 14.5 Å². The van der Waals surface area contributed by atoms with Crippen LogP contribution in [0.4, 0.5) is 5.69 Å². The van der Waals surface area contributed by atoms with Crippen molar-refractivity contribution in [3.05, 3.63) is 39.4 Å². The summed E-state index contributed by atoms with van der Waals surface area (Å²) in [7, 11) is 2.00. The van der Waals surface area contributed by atoms with Crippen LogP contribution in [0.1, 0.15) is 28.8 Å². The number of amides is 1. The third-order valence-electron chi connectivity index (χ3n) is 5.28. The molecule has 1 saturated heterocycles. The van der Waals surface area contributed by atoms with E-state index in [4.69, 9.17) is 5.73 Å². The van der Waals surface area contributed by atoms with Crippen molar-refractivity contribution in [1.29, 1.82) is 0 Å². The second-order valence-electron chi connectivity index (χ2n) is 6.52. The average molecular weight is 317 g/mol. The van der Waals surface area contributed by atoms with Crippen LogP contribution in [0.15, 0.2) is 18.2 Å². The standard InChI is InChI=1S/C16H19N3O4/c1-18-6-4-11(5-7-18)16(15(17)21)9-10-2-3-12(19(22)23)8-13(10)14(16)20/h2-3,8,11H,4-7,9H2,1H3,(H2,17,21). The summed E-state index contributed by atoms with van der Waals surface area (Å²) in [6.45, 7) is 1.62. The molecule has 7 heteroatoms. The Morgan fingerprint density at radius 1 is 1.39 bits per heavy atom. The average Bonchev–Trinajstić information content (AvgIpc) is 2.82. The van der Waals surface area contributed by atoms with E-state index < -0.39 is 16.2 Å². The Morgan fingerprint density at radius 2 is 2.04 bits per heavy atom. The van der Waals surface area contributed by atoms with Crippen LogP contribution in [0, 0.1) is 21.4 Å². The minimum Gasteiger partial charge on any atom is -0.369 e. The number of primary amides is 1. The third kappa shape index (κ3) is 2.31. The molecule has 1 fully saturated rings. The lowest BCUT2D eigenvalue weighted by Gasteiger charge is -2.38. The molecular formula is C16H19N3O4. The fourth-order valence-electron chi connectivity index (χ4n) is 3.90. The molecule has 1 unspecified atom stereocenters. The minimum absolute atomic E-state index is 0.116. The lowest BCUT2D eigenvalue weighted by Crippen LogP contribution is -2.51. The molecular weight excluding hydrogens is 298 g/mol. The number of Topliss-reactive ketones (excluding diaryl/α,β-unsaturated/α-hetero) is 1. The fourth-order valence-corrected chi connectivity index (χ4v) is 3.90. The Kier molecular flexibility index (Phi) is 3.68. The smallest absolute Gasteiger partial charge is 0.270 e. The highest BCUT2D eigenvalue weighted by molar-refractivity contribution is 6.17. The van der Waals surface area contributed by atoms with Gasteiger partial charge >= 0.3 is 0 Å². The number of carbonyl (C=O) groups is 2. The summed E-state index contributed by atoms with van der Waals surface area (Å²) >= 11 is 0. The Morgan fingerprint density at radius 3 is 2.61 bits per heavy atom. The normalized spacial score (nSPS) is 25.3. The first-order chi connectivity index (χ1) is 10.9. The molecule has 0 radical (unpaired) electrons. The Labute approximate surface area is 133 Å². The molecule has 1 aliphatic heterocycles. The molecule has 1 aliphatic carbocycles. The van der Waals surface area contributed by atoms with E-state index in [-0.39, 0.29) is 29.4 Å². The SMILES string of the molecule is CN1CCC(C2(C(N)=O)Cc3ccc([N+](=O)[O-])cc3C2=O)CC1. The highest BCUT2D eigenvalue weighted by atomic mass is 16.6. The zero-order valence-corrected chi connectivity index (χ0v) is 12.9. The van der Waals surface area contributed by atoms with Crippen molar-refractivity contribution in [2.45, 2.75) is 19.3 Å². The summed E-state index contributed by atoms with van der Waals surface area (Å²) < 4.78 is 0. The van der Waals surface area contributed by atoms with Crippen molar-refractivity contribution in [1.82, 2.24) is 4.90 Å². The Balaban J connectivity index is 2.01. The largest absolute Gasteiger partial charge is 0.369 e. The van der Waals surface area contributed by atoms with E-state index >= 15 is 0 Å². The van der Waals surface area contributed by atoms with Crippen LogP contribution >= 0.6 is 0 Å². The van der Waals surface area contributed by atoms with Crippen LogP contribution < -0.4 is 5.73 Å². The first-order valence-corrected chi connectivity index (χ1v) is 7.67. The van der Waals surface area contributed by atoms with Crippen LogP contribution in [0.25, 0.3) is 0 Å². The van der Waals surface area contributed by atoms with Gasteiger partial charge in [0.2, 0.25) is 5.91 Å². The maximum Gasteiger partial charge on any atom is 0.270 e. The van der Waals surface area contributed by atoms with Gasteiger partial charge < -0.3 is 10.6 Å². The van der Waals surface area contributed by atoms with Crippen LogP contribution in [0.3, 0.4) is 0 Å². The van der Waals surface area contributed by atoms with Gasteiger partial charge in [0.05, 0.1) is 4.92 Å². The van der Waals surface area contributed by atoms with Gasteiger partial charge in [0.15, 0.2) is 5.78 Å². The Bertz CT molecular complexity index is 695. The number of carbonyl (C=O) groups excluding carboxylic acids is 2. The number of hydrogen-bond donors (Lipinski definition) is 1. The monoisotopic (exact) mass is 317 g/mol. The molecule has 1 amide bonds. The van der Waals surface area contributed by atoms with Gasteiger partial charge in [-0.15, -0.1) is 0 Å². The molecule has 0 saturated carbocycles. The van der Waals surface area contributed by atoms with E-state index in [2.05, 4.69) is 4.90 Å². The van der Waals surface area contributed by atoms with Gasteiger partial charge in [-0.05, 0) is 50.9 Å². The second-order valence-corrected chi connectivity index (χ2v) is 6.52. The summed E-state index contributed by atoms with van der Waals surface area (Å²) in [6.07, 6.45) is 1.70. The number of fused-ring (bicyclic) bond motifs is 1. The number of ketones is 1. The Hall–Kier alpha value is -2.28. The third-order valence-corrected chi connectivity index (χ3v) is 5.28. The van der Waals surface area contributed by atoms with Crippen molar-refractivity contribution >= 4 is 17.4 Å². The molecule has 122 valence electrons. The summed E-state index contributed by atoms with van der Waals surface area (Å²) in [5, 5.41) is 10.9. The molecule has 3 rings (SSSR count). The quantitative estimate of drug-likeness (QED) is 0.511. The highest BCUT2D eigenvalue weighted by Crippen LogP contribution is 2.46. The number of non-ortho nitro benzene ring substituents is 1. The number of benzene rings is 1. The van der Waals surface area contributed by atoms with Gasteiger partial charge in [0.25, 0.3) is 5.69 Å². The maximum absolute atomic E-state index is 13.0. The summed E-state index contributed by atoms with van der Waals surface area (Å²) in [4.78, 5) is 37.8. The van der Waals surface area contributed by atoms with Crippen molar-refractivity contribution in [2.24, 2.45) is 17.1 Å². The van der Waals surface area contributed by atoms with Crippen molar-refractivity contribution in [3.8, 4) is 0 Å². The zero-order chi connectivity index (χ0) is 16.8. The molecule has 2 N–H and O–H groups in total. The molecule has 1 heterocycles. The molecule has 1 atom stereocenters. The van der Waals surface area contributed by atoms with Gasteiger partial charge in [-0.3, -0.25) is 19.7 Å². The van der Waals surface area contributed by atoms with Crippen LogP contribution in [-0.4, -0.2) is 41.7 Å². The molecule has 1 aromatic rings. The fraction of sp³-hybridized carbons (Fsp3) is 0.500. The van der Waals surface area contributed by atoms with Gasteiger partial charge in [0, 0.05) is 17.7 Å². The predicted octanol–water partition coefficient (Wildman–Crippen LogP) is 1.15. The summed E-state index contributed by atoms with van der Waals surface area (Å²) in [5.41, 5.74) is 5.22. The number of nitrogens with zero attached hydrogens (tertiary/aromatic N) is 2. The molecule has 2 aliphatic rings. The number of hydrogen-bond acceptors (Lipinski definition) is 5. The molecule has 0 bridgehead atoms. The lowest BCUT2D eigenvalue weighted by molar-refractivity contribution is -0.384. The van der Waals surface area contributed by atoms with E-state index in [9.17, 15) is 19.7 Å². The molecule has 0 aromatic heterocycles. The number of nitro benzene ring substituents is 1. The highest BCUT2D eigenvalue weighted by Gasteiger charge is 2.55. The summed E-state index contributed by atoms with van der Waals surface area (Å²) in [6, 6.07) is 4.22. The van der Waals surface area contributed by atoms with Crippen molar-refractivity contribution in [2.75, 3.05) is 20.1 Å². The summed E-state index contributed by atoms with van der Waals surface area (Å²) in [5.74, 6) is -1.08. The number of piperidine rings is 1. The topological polar surface area (TPSA) is 107 Å². The van der Waals surface area contributed by atoms with Crippen LogP contribution in [0.2, 0.25) is 0 Å². The van der Waals surface area contributed by atoms with E-state index in [1.807, 2.05) is 7.05 Å². The number of nitro groups is 1. The first-order valence-electron chi connectivity index (χ1n) is 7.67. The van der Waals surface area contributed by atoms with E-state index in [1.54, 1.807) is 6.07 Å².